The first-order valence-electron chi connectivity index (χ1n) is 9.42. The van der Waals surface area contributed by atoms with Crippen LogP contribution < -0.4 is 14.8 Å². The summed E-state index contributed by atoms with van der Waals surface area (Å²) in [5.74, 6) is 2.76. The number of methoxy groups -OCH3 is 2. The number of ether oxygens (including phenoxy) is 2. The highest BCUT2D eigenvalue weighted by molar-refractivity contribution is 6.08. The van der Waals surface area contributed by atoms with E-state index < -0.39 is 0 Å². The van der Waals surface area contributed by atoms with Crippen LogP contribution in [0, 0.1) is 11.8 Å². The SMILES string of the molecule is CC[C@H]1CNCC[C@H]1CCC(=O)c1ccnc2c(OC)cc(OC)cc12. The first-order valence-corrected chi connectivity index (χ1v) is 9.42. The highest BCUT2D eigenvalue weighted by Gasteiger charge is 2.24. The molecule has 1 aromatic heterocycles. The minimum atomic E-state index is 0.168. The number of rotatable bonds is 7. The summed E-state index contributed by atoms with van der Waals surface area (Å²) in [4.78, 5) is 17.4. The number of benzene rings is 1. The van der Waals surface area contributed by atoms with E-state index >= 15 is 0 Å². The van der Waals surface area contributed by atoms with Crippen LogP contribution in [-0.2, 0) is 0 Å². The number of aromatic nitrogens is 1. The minimum absolute atomic E-state index is 0.168. The zero-order valence-electron chi connectivity index (χ0n) is 15.9. The van der Waals surface area contributed by atoms with Crippen LogP contribution in [0.3, 0.4) is 0 Å². The van der Waals surface area contributed by atoms with Crippen LogP contribution in [0.15, 0.2) is 24.4 Å². The molecule has 0 saturated carbocycles. The molecule has 1 aliphatic heterocycles. The summed E-state index contributed by atoms with van der Waals surface area (Å²) >= 11 is 0. The molecule has 140 valence electrons. The highest BCUT2D eigenvalue weighted by Crippen LogP contribution is 2.33. The second kappa shape index (κ2) is 8.49. The van der Waals surface area contributed by atoms with Gasteiger partial charge in [0.2, 0.25) is 0 Å². The summed E-state index contributed by atoms with van der Waals surface area (Å²) in [7, 11) is 3.22. The van der Waals surface area contributed by atoms with Crippen LogP contribution in [-0.4, -0.2) is 38.1 Å². The number of carbonyl (C=O) groups is 1. The van der Waals surface area contributed by atoms with Gasteiger partial charge in [-0.25, -0.2) is 0 Å². The van der Waals surface area contributed by atoms with E-state index in [1.807, 2.05) is 12.1 Å². The molecule has 2 heterocycles. The van der Waals surface area contributed by atoms with E-state index in [9.17, 15) is 4.79 Å². The molecule has 26 heavy (non-hydrogen) atoms. The predicted molar refractivity (Wildman–Crippen MR) is 103 cm³/mol. The average Bonchev–Trinajstić information content (AvgIpc) is 2.70. The van der Waals surface area contributed by atoms with Crippen molar-refractivity contribution in [3.8, 4) is 11.5 Å². The third-order valence-electron chi connectivity index (χ3n) is 5.57. The van der Waals surface area contributed by atoms with Gasteiger partial charge in [-0.2, -0.15) is 0 Å². The van der Waals surface area contributed by atoms with Gasteiger partial charge in [0.1, 0.15) is 17.0 Å². The fourth-order valence-corrected chi connectivity index (χ4v) is 4.00. The normalized spacial score (nSPS) is 20.1. The van der Waals surface area contributed by atoms with E-state index in [1.165, 1.54) is 6.42 Å². The van der Waals surface area contributed by atoms with Crippen molar-refractivity contribution in [2.75, 3.05) is 27.3 Å². The number of piperidine rings is 1. The molecule has 0 aliphatic carbocycles. The second-order valence-electron chi connectivity index (χ2n) is 6.97. The monoisotopic (exact) mass is 356 g/mol. The lowest BCUT2D eigenvalue weighted by atomic mass is 9.81. The van der Waals surface area contributed by atoms with Crippen molar-refractivity contribution in [2.24, 2.45) is 11.8 Å². The van der Waals surface area contributed by atoms with Gasteiger partial charge in [0.15, 0.2) is 5.78 Å². The van der Waals surface area contributed by atoms with E-state index in [4.69, 9.17) is 9.47 Å². The number of hydrogen-bond acceptors (Lipinski definition) is 5. The Labute approximate surface area is 155 Å². The lowest BCUT2D eigenvalue weighted by Gasteiger charge is -2.31. The molecule has 2 aromatic rings. The van der Waals surface area contributed by atoms with E-state index in [0.717, 1.165) is 31.3 Å². The molecule has 1 aromatic carbocycles. The molecule has 5 heteroatoms. The number of fused-ring (bicyclic) bond motifs is 1. The minimum Gasteiger partial charge on any atom is -0.497 e. The average molecular weight is 356 g/mol. The van der Waals surface area contributed by atoms with Crippen LogP contribution in [0.2, 0.25) is 0 Å². The van der Waals surface area contributed by atoms with E-state index in [0.29, 0.717) is 40.8 Å². The van der Waals surface area contributed by atoms with Crippen molar-refractivity contribution in [2.45, 2.75) is 32.6 Å². The van der Waals surface area contributed by atoms with Crippen LogP contribution in [0.1, 0.15) is 43.0 Å². The molecule has 0 amide bonds. The molecule has 2 atom stereocenters. The molecule has 1 N–H and O–H groups in total. The summed E-state index contributed by atoms with van der Waals surface area (Å²) in [6, 6.07) is 5.48. The molecule has 1 aliphatic rings. The Morgan fingerprint density at radius 1 is 1.27 bits per heavy atom. The number of nitrogens with zero attached hydrogens (tertiary/aromatic N) is 1. The van der Waals surface area contributed by atoms with Gasteiger partial charge in [-0.3, -0.25) is 9.78 Å². The molecule has 0 bridgehead atoms. The molecule has 0 unspecified atom stereocenters. The van der Waals surface area contributed by atoms with E-state index in [2.05, 4.69) is 17.2 Å². The summed E-state index contributed by atoms with van der Waals surface area (Å²) in [6.45, 7) is 4.37. The van der Waals surface area contributed by atoms with Gasteiger partial charge in [0.25, 0.3) is 0 Å². The Hall–Kier alpha value is -2.14. The van der Waals surface area contributed by atoms with Crippen molar-refractivity contribution >= 4 is 16.7 Å². The molecular formula is C21H28N2O3. The Morgan fingerprint density at radius 3 is 2.85 bits per heavy atom. The Morgan fingerprint density at radius 2 is 2.12 bits per heavy atom. The summed E-state index contributed by atoms with van der Waals surface area (Å²) in [6.07, 6.45) is 5.52. The number of pyridine rings is 1. The van der Waals surface area contributed by atoms with Crippen LogP contribution in [0.5, 0.6) is 11.5 Å². The lowest BCUT2D eigenvalue weighted by molar-refractivity contribution is 0.0963. The highest BCUT2D eigenvalue weighted by atomic mass is 16.5. The number of ketones is 1. The predicted octanol–water partition coefficient (Wildman–Crippen LogP) is 3.85. The van der Waals surface area contributed by atoms with Gasteiger partial charge in [0, 0.05) is 29.6 Å². The third-order valence-corrected chi connectivity index (χ3v) is 5.57. The maximum Gasteiger partial charge on any atom is 0.163 e. The number of hydrogen-bond donors (Lipinski definition) is 1. The molecule has 0 radical (unpaired) electrons. The summed E-state index contributed by atoms with van der Waals surface area (Å²) in [5, 5.41) is 4.26. The van der Waals surface area contributed by atoms with E-state index in [-0.39, 0.29) is 5.78 Å². The van der Waals surface area contributed by atoms with Crippen LogP contribution in [0.4, 0.5) is 0 Å². The molecule has 0 spiro atoms. The standard InChI is InChI=1S/C21H28N2O3/c1-4-14-13-22-9-7-15(14)5-6-19(24)17-8-10-23-21-18(17)11-16(25-2)12-20(21)26-3/h8,10-12,14-15,22H,4-7,9,13H2,1-3H3/t14-,15+/m0/s1. The zero-order valence-corrected chi connectivity index (χ0v) is 15.9. The first kappa shape index (κ1) is 18.6. The topological polar surface area (TPSA) is 60.5 Å². The number of Topliss-reactive ketones (excluding diaryl/α,β-unsaturated/α-hetero) is 1. The van der Waals surface area contributed by atoms with E-state index in [1.54, 1.807) is 26.5 Å². The number of carbonyl (C=O) groups excluding carboxylic acids is 1. The summed E-state index contributed by atoms with van der Waals surface area (Å²) in [5.41, 5.74) is 1.40. The Bertz CT molecular complexity index is 775. The Kier molecular flexibility index (Phi) is 6.09. The molecule has 5 nitrogen and oxygen atoms in total. The maximum atomic E-state index is 13.0. The zero-order chi connectivity index (χ0) is 18.5. The molecule has 3 rings (SSSR count). The van der Waals surface area contributed by atoms with Crippen molar-refractivity contribution in [3.05, 3.63) is 30.0 Å². The smallest absolute Gasteiger partial charge is 0.163 e. The number of nitrogens with one attached hydrogen (secondary N) is 1. The third kappa shape index (κ3) is 3.83. The maximum absolute atomic E-state index is 13.0. The lowest BCUT2D eigenvalue weighted by Crippen LogP contribution is -2.36. The quantitative estimate of drug-likeness (QED) is 0.764. The fraction of sp³-hybridized carbons (Fsp3) is 0.524. The first-order chi connectivity index (χ1) is 12.7. The Balaban J connectivity index is 1.83. The van der Waals surface area contributed by atoms with Gasteiger partial charge in [-0.15, -0.1) is 0 Å². The largest absolute Gasteiger partial charge is 0.497 e. The van der Waals surface area contributed by atoms with Crippen molar-refractivity contribution in [3.63, 3.8) is 0 Å². The molecule has 1 fully saturated rings. The van der Waals surface area contributed by atoms with Gasteiger partial charge >= 0.3 is 0 Å². The summed E-state index contributed by atoms with van der Waals surface area (Å²) < 4.78 is 10.8. The van der Waals surface area contributed by atoms with Crippen LogP contribution >= 0.6 is 0 Å². The van der Waals surface area contributed by atoms with Crippen molar-refractivity contribution < 1.29 is 14.3 Å². The fourth-order valence-electron chi connectivity index (χ4n) is 4.00. The van der Waals surface area contributed by atoms with Gasteiger partial charge < -0.3 is 14.8 Å². The van der Waals surface area contributed by atoms with Crippen molar-refractivity contribution in [1.82, 2.24) is 10.3 Å². The molecular weight excluding hydrogens is 328 g/mol. The van der Waals surface area contributed by atoms with Gasteiger partial charge in [-0.1, -0.05) is 13.3 Å². The van der Waals surface area contributed by atoms with Crippen molar-refractivity contribution in [1.29, 1.82) is 0 Å². The second-order valence-corrected chi connectivity index (χ2v) is 6.97. The molecule has 1 saturated heterocycles. The van der Waals surface area contributed by atoms with Gasteiger partial charge in [-0.05, 0) is 49.9 Å². The van der Waals surface area contributed by atoms with Gasteiger partial charge in [0.05, 0.1) is 14.2 Å². The van der Waals surface area contributed by atoms with Crippen LogP contribution in [0.25, 0.3) is 10.9 Å².